The Morgan fingerprint density at radius 1 is 1.23 bits per heavy atom. The van der Waals surface area contributed by atoms with Gasteiger partial charge in [0.2, 0.25) is 5.91 Å². The van der Waals surface area contributed by atoms with Gasteiger partial charge in [0.25, 0.3) is 5.56 Å². The summed E-state index contributed by atoms with van der Waals surface area (Å²) >= 11 is 1.64. The number of nitrogens with zero attached hydrogens (tertiary/aromatic N) is 3. The lowest BCUT2D eigenvalue weighted by atomic mass is 9.97. The van der Waals surface area contributed by atoms with Crippen molar-refractivity contribution in [3.63, 3.8) is 0 Å². The Bertz CT molecular complexity index is 1250. The summed E-state index contributed by atoms with van der Waals surface area (Å²) in [5.74, 6) is 0.773. The summed E-state index contributed by atoms with van der Waals surface area (Å²) in [6, 6.07) is 7.86. The van der Waals surface area contributed by atoms with Gasteiger partial charge in [-0.15, -0.1) is 11.3 Å². The van der Waals surface area contributed by atoms with E-state index in [0.29, 0.717) is 19.5 Å². The first kappa shape index (κ1) is 19.0. The van der Waals surface area contributed by atoms with Gasteiger partial charge in [-0.25, -0.2) is 9.97 Å². The lowest BCUT2D eigenvalue weighted by molar-refractivity contribution is -0.121. The highest BCUT2D eigenvalue weighted by molar-refractivity contribution is 7.18. The molecule has 3 heterocycles. The van der Waals surface area contributed by atoms with Crippen molar-refractivity contribution < 1.29 is 4.79 Å². The van der Waals surface area contributed by atoms with Gasteiger partial charge in [-0.3, -0.25) is 14.2 Å². The molecule has 0 spiro atoms. The molecule has 1 aromatic carbocycles. The molecule has 30 heavy (non-hydrogen) atoms. The first-order valence-electron chi connectivity index (χ1n) is 10.4. The molecule has 0 aliphatic heterocycles. The summed E-state index contributed by atoms with van der Waals surface area (Å²) in [6.45, 7) is 0.839. The second-order valence-corrected chi connectivity index (χ2v) is 8.77. The Labute approximate surface area is 177 Å². The molecular formula is C22H23N5O2S. The van der Waals surface area contributed by atoms with Gasteiger partial charge in [0.1, 0.15) is 10.7 Å². The van der Waals surface area contributed by atoms with E-state index >= 15 is 0 Å². The van der Waals surface area contributed by atoms with Gasteiger partial charge in [0.05, 0.1) is 22.7 Å². The Hall–Kier alpha value is -3.00. The molecule has 8 heteroatoms. The molecule has 1 amide bonds. The molecule has 3 aromatic heterocycles. The average Bonchev–Trinajstić information content (AvgIpc) is 3.34. The van der Waals surface area contributed by atoms with Crippen LogP contribution in [0.15, 0.2) is 35.4 Å². The first-order chi connectivity index (χ1) is 14.7. The molecule has 1 aliphatic rings. The number of nitrogens with one attached hydrogen (secondary N) is 2. The average molecular weight is 422 g/mol. The number of aromatic amines is 1. The largest absolute Gasteiger partial charge is 0.356 e. The van der Waals surface area contributed by atoms with E-state index in [1.54, 1.807) is 22.2 Å². The third kappa shape index (κ3) is 3.63. The van der Waals surface area contributed by atoms with Crippen molar-refractivity contribution in [1.29, 1.82) is 0 Å². The number of para-hydroxylation sites is 2. The van der Waals surface area contributed by atoms with Crippen LogP contribution in [-0.4, -0.2) is 32.0 Å². The second kappa shape index (κ2) is 8.02. The molecule has 0 saturated heterocycles. The third-order valence-corrected chi connectivity index (χ3v) is 6.84. The van der Waals surface area contributed by atoms with Crippen molar-refractivity contribution in [1.82, 2.24) is 24.8 Å². The van der Waals surface area contributed by atoms with Crippen molar-refractivity contribution in [3.05, 3.63) is 57.2 Å². The number of thiophene rings is 1. The maximum atomic E-state index is 12.9. The molecule has 154 valence electrons. The van der Waals surface area contributed by atoms with Crippen molar-refractivity contribution >= 4 is 38.5 Å². The normalized spacial score (nSPS) is 13.6. The fourth-order valence-electron chi connectivity index (χ4n) is 4.10. The van der Waals surface area contributed by atoms with Gasteiger partial charge >= 0.3 is 0 Å². The molecule has 7 nitrogen and oxygen atoms in total. The number of hydrogen-bond donors (Lipinski definition) is 2. The van der Waals surface area contributed by atoms with E-state index in [2.05, 4.69) is 20.3 Å². The fraction of sp³-hybridized carbons (Fsp3) is 0.364. The van der Waals surface area contributed by atoms with Crippen LogP contribution in [0.2, 0.25) is 0 Å². The molecule has 0 saturated carbocycles. The molecule has 0 atom stereocenters. The molecule has 4 aromatic rings. The van der Waals surface area contributed by atoms with E-state index in [4.69, 9.17) is 0 Å². The van der Waals surface area contributed by atoms with Crippen molar-refractivity contribution in [2.45, 2.75) is 45.1 Å². The predicted octanol–water partition coefficient (Wildman–Crippen LogP) is 2.96. The minimum absolute atomic E-state index is 0.0190. The van der Waals surface area contributed by atoms with Gasteiger partial charge in [-0.05, 0) is 43.4 Å². The van der Waals surface area contributed by atoms with E-state index in [-0.39, 0.29) is 17.9 Å². The summed E-state index contributed by atoms with van der Waals surface area (Å²) in [5.41, 5.74) is 3.09. The van der Waals surface area contributed by atoms with Gasteiger partial charge in [-0.1, -0.05) is 12.1 Å². The number of carbonyl (C=O) groups is 1. The molecule has 0 fully saturated rings. The van der Waals surface area contributed by atoms with Crippen LogP contribution in [0.4, 0.5) is 0 Å². The molecule has 5 rings (SSSR count). The van der Waals surface area contributed by atoms with Crippen LogP contribution in [0.25, 0.3) is 21.3 Å². The third-order valence-electron chi connectivity index (χ3n) is 5.64. The number of imidazole rings is 1. The monoisotopic (exact) mass is 421 g/mol. The van der Waals surface area contributed by atoms with Crippen LogP contribution in [0, 0.1) is 0 Å². The van der Waals surface area contributed by atoms with E-state index in [0.717, 1.165) is 46.3 Å². The number of amides is 1. The molecule has 2 N–H and O–H groups in total. The van der Waals surface area contributed by atoms with E-state index in [9.17, 15) is 9.59 Å². The summed E-state index contributed by atoms with van der Waals surface area (Å²) in [7, 11) is 0. The fourth-order valence-corrected chi connectivity index (χ4v) is 5.31. The zero-order valence-corrected chi connectivity index (χ0v) is 17.4. The number of H-pyrrole nitrogens is 1. The van der Waals surface area contributed by atoms with Crippen molar-refractivity contribution in [3.8, 4) is 0 Å². The van der Waals surface area contributed by atoms with Crippen LogP contribution in [-0.2, 0) is 30.6 Å². The number of benzene rings is 1. The SMILES string of the molecule is O=C(CCn1cnc2sc3c(c2c1=O)CCCC3)NCCc1nc2ccccc2[nH]1. The summed E-state index contributed by atoms with van der Waals surface area (Å²) in [4.78, 5) is 39.6. The Kier molecular flexibility index (Phi) is 5.08. The van der Waals surface area contributed by atoms with Crippen LogP contribution in [0.3, 0.4) is 0 Å². The number of aromatic nitrogens is 4. The summed E-state index contributed by atoms with van der Waals surface area (Å²) in [5, 5.41) is 3.68. The van der Waals surface area contributed by atoms with E-state index in [1.807, 2.05) is 24.3 Å². The van der Waals surface area contributed by atoms with Gasteiger partial charge in [-0.2, -0.15) is 0 Å². The molecule has 0 unspecified atom stereocenters. The molecule has 0 bridgehead atoms. The van der Waals surface area contributed by atoms with Crippen molar-refractivity contribution in [2.24, 2.45) is 0 Å². The minimum Gasteiger partial charge on any atom is -0.356 e. The molecular weight excluding hydrogens is 398 g/mol. The Morgan fingerprint density at radius 3 is 3.00 bits per heavy atom. The second-order valence-electron chi connectivity index (χ2n) is 7.68. The van der Waals surface area contributed by atoms with E-state index in [1.165, 1.54) is 16.9 Å². The Balaban J connectivity index is 1.19. The zero-order chi connectivity index (χ0) is 20.5. The molecule has 1 aliphatic carbocycles. The van der Waals surface area contributed by atoms with Gasteiger partial charge in [0.15, 0.2) is 0 Å². The topological polar surface area (TPSA) is 92.7 Å². The highest BCUT2D eigenvalue weighted by Crippen LogP contribution is 2.33. The summed E-state index contributed by atoms with van der Waals surface area (Å²) in [6.07, 6.45) is 6.77. The van der Waals surface area contributed by atoms with Gasteiger partial charge in [0, 0.05) is 30.8 Å². The quantitative estimate of drug-likeness (QED) is 0.501. The highest BCUT2D eigenvalue weighted by atomic mass is 32.1. The number of carbonyl (C=O) groups excluding carboxylic acids is 1. The maximum Gasteiger partial charge on any atom is 0.262 e. The summed E-state index contributed by atoms with van der Waals surface area (Å²) < 4.78 is 1.57. The lowest BCUT2D eigenvalue weighted by Gasteiger charge is -2.10. The van der Waals surface area contributed by atoms with E-state index < -0.39 is 0 Å². The standard InChI is InChI=1S/C22H23N5O2S/c28-19(23-11-9-18-25-15-6-2-3-7-16(15)26-18)10-12-27-13-24-21-20(22(27)29)14-5-1-4-8-17(14)30-21/h2-3,6-7,13H,1,4-5,8-12H2,(H,23,28)(H,25,26). The maximum absolute atomic E-state index is 12.9. The Morgan fingerprint density at radius 2 is 2.10 bits per heavy atom. The number of aryl methyl sites for hydroxylation is 3. The zero-order valence-electron chi connectivity index (χ0n) is 16.6. The van der Waals surface area contributed by atoms with Crippen LogP contribution >= 0.6 is 11.3 Å². The van der Waals surface area contributed by atoms with Gasteiger partial charge < -0.3 is 10.3 Å². The predicted molar refractivity (Wildman–Crippen MR) is 118 cm³/mol. The molecule has 0 radical (unpaired) electrons. The van der Waals surface area contributed by atoms with Crippen molar-refractivity contribution in [2.75, 3.05) is 6.54 Å². The highest BCUT2D eigenvalue weighted by Gasteiger charge is 2.20. The first-order valence-corrected chi connectivity index (χ1v) is 11.2. The smallest absolute Gasteiger partial charge is 0.262 e. The number of rotatable bonds is 6. The van der Waals surface area contributed by atoms with Crippen LogP contribution in [0.5, 0.6) is 0 Å². The minimum atomic E-state index is -0.0783. The lowest BCUT2D eigenvalue weighted by Crippen LogP contribution is -2.29. The van der Waals surface area contributed by atoms with Crippen LogP contribution < -0.4 is 10.9 Å². The number of fused-ring (bicyclic) bond motifs is 4. The van der Waals surface area contributed by atoms with Crippen LogP contribution in [0.1, 0.15) is 35.5 Å². The number of hydrogen-bond acceptors (Lipinski definition) is 5.